The highest BCUT2D eigenvalue weighted by molar-refractivity contribution is 7.98. The highest BCUT2D eigenvalue weighted by atomic mass is 32.2. The van der Waals surface area contributed by atoms with Gasteiger partial charge in [0.2, 0.25) is 5.91 Å². The van der Waals surface area contributed by atoms with Crippen LogP contribution in [0.25, 0.3) is 0 Å². The highest BCUT2D eigenvalue weighted by Gasteiger charge is 2.23. The van der Waals surface area contributed by atoms with Crippen LogP contribution in [0.2, 0.25) is 0 Å². The number of esters is 1. The summed E-state index contributed by atoms with van der Waals surface area (Å²) in [5, 5.41) is 2.71. The van der Waals surface area contributed by atoms with Gasteiger partial charge in [-0.3, -0.25) is 14.4 Å². The number of carbonyl (C=O) groups excluding carboxylic acids is 3. The number of hydrogen-bond donors (Lipinski definition) is 2. The molecule has 0 unspecified atom stereocenters. The van der Waals surface area contributed by atoms with Crippen molar-refractivity contribution in [1.29, 1.82) is 0 Å². The summed E-state index contributed by atoms with van der Waals surface area (Å²) in [7, 11) is 0. The van der Waals surface area contributed by atoms with Gasteiger partial charge in [0.15, 0.2) is 0 Å². The lowest BCUT2D eigenvalue weighted by Crippen LogP contribution is -2.28. The Morgan fingerprint density at radius 3 is 2.31 bits per heavy atom. The second kappa shape index (κ2) is 10.1. The Kier molecular flexibility index (Phi) is 7.84. The van der Waals surface area contributed by atoms with E-state index in [-0.39, 0.29) is 24.8 Å². The molecule has 0 aliphatic rings. The number of amides is 2. The van der Waals surface area contributed by atoms with Gasteiger partial charge in [-0.15, -0.1) is 11.8 Å². The third-order valence-electron chi connectivity index (χ3n) is 3.93. The van der Waals surface area contributed by atoms with Crippen LogP contribution in [0.4, 0.5) is 0 Å². The second-order valence-electron chi connectivity index (χ2n) is 7.54. The molecular weight excluding hydrogens is 388 g/mol. The molecule has 0 bridgehead atoms. The van der Waals surface area contributed by atoms with Gasteiger partial charge in [0.1, 0.15) is 5.75 Å². The number of ether oxygens (including phenoxy) is 1. The van der Waals surface area contributed by atoms with E-state index in [4.69, 9.17) is 10.5 Å². The van der Waals surface area contributed by atoms with E-state index in [1.54, 1.807) is 24.3 Å². The van der Waals surface area contributed by atoms with E-state index in [0.29, 0.717) is 17.1 Å². The highest BCUT2D eigenvalue weighted by Crippen LogP contribution is 2.27. The zero-order chi connectivity index (χ0) is 21.4. The summed E-state index contributed by atoms with van der Waals surface area (Å²) >= 11 is 1.53. The SMILES string of the molecule is CC(C)(C)C(=O)Oc1ccc(CSc2ccccc2C(=O)NCCC(N)=O)cc1. The van der Waals surface area contributed by atoms with E-state index in [0.717, 1.165) is 10.5 Å². The van der Waals surface area contributed by atoms with E-state index < -0.39 is 11.3 Å². The van der Waals surface area contributed by atoms with Crippen molar-refractivity contribution in [3.05, 3.63) is 59.7 Å². The molecular formula is C22H26N2O4S. The smallest absolute Gasteiger partial charge is 0.316 e. The minimum absolute atomic E-state index is 0.104. The monoisotopic (exact) mass is 414 g/mol. The molecule has 0 heterocycles. The quantitative estimate of drug-likeness (QED) is 0.391. The number of rotatable bonds is 8. The normalized spacial score (nSPS) is 11.0. The van der Waals surface area contributed by atoms with Gasteiger partial charge in [-0.05, 0) is 50.6 Å². The summed E-state index contributed by atoms with van der Waals surface area (Å²) in [6, 6.07) is 14.6. The van der Waals surface area contributed by atoms with Gasteiger partial charge in [0, 0.05) is 23.6 Å². The fourth-order valence-electron chi connectivity index (χ4n) is 2.25. The third kappa shape index (κ3) is 7.27. The first-order valence-corrected chi connectivity index (χ1v) is 10.2. The minimum atomic E-state index is -0.559. The Hall–Kier alpha value is -2.80. The van der Waals surface area contributed by atoms with Crippen LogP contribution >= 0.6 is 11.8 Å². The molecule has 154 valence electrons. The van der Waals surface area contributed by atoms with Crippen LogP contribution < -0.4 is 15.8 Å². The summed E-state index contributed by atoms with van der Waals surface area (Å²) in [6.07, 6.45) is 0.104. The number of nitrogens with one attached hydrogen (secondary N) is 1. The number of primary amides is 1. The fraction of sp³-hybridized carbons (Fsp3) is 0.318. The van der Waals surface area contributed by atoms with E-state index >= 15 is 0 Å². The van der Waals surface area contributed by atoms with Crippen LogP contribution in [0.5, 0.6) is 5.75 Å². The Morgan fingerprint density at radius 2 is 1.69 bits per heavy atom. The first-order valence-electron chi connectivity index (χ1n) is 9.26. The van der Waals surface area contributed by atoms with E-state index in [9.17, 15) is 14.4 Å². The maximum atomic E-state index is 12.4. The van der Waals surface area contributed by atoms with Crippen molar-refractivity contribution in [3.63, 3.8) is 0 Å². The first kappa shape index (κ1) is 22.5. The molecule has 2 aromatic carbocycles. The van der Waals surface area contributed by atoms with Gasteiger partial charge in [-0.1, -0.05) is 24.3 Å². The summed E-state index contributed by atoms with van der Waals surface area (Å²) in [6.45, 7) is 5.63. The molecule has 0 aliphatic carbocycles. The van der Waals surface area contributed by atoms with Crippen molar-refractivity contribution in [2.45, 2.75) is 37.8 Å². The molecule has 0 aromatic heterocycles. The standard InChI is InChI=1S/C22H26N2O4S/c1-22(2,3)21(27)28-16-10-8-15(9-11-16)14-29-18-7-5-4-6-17(18)20(26)24-13-12-19(23)25/h4-11H,12-14H2,1-3H3,(H2,23,25)(H,24,26). The van der Waals surface area contributed by atoms with Crippen molar-refractivity contribution >= 4 is 29.5 Å². The molecule has 6 nitrogen and oxygen atoms in total. The van der Waals surface area contributed by atoms with Gasteiger partial charge in [-0.25, -0.2) is 0 Å². The van der Waals surface area contributed by atoms with Crippen molar-refractivity contribution in [1.82, 2.24) is 5.32 Å². The summed E-state index contributed by atoms with van der Waals surface area (Å²) in [5.74, 6) is 0.186. The Bertz CT molecular complexity index is 873. The maximum absolute atomic E-state index is 12.4. The largest absolute Gasteiger partial charge is 0.426 e. The Labute approximate surface area is 175 Å². The lowest BCUT2D eigenvalue weighted by Gasteiger charge is -2.16. The molecule has 0 aliphatic heterocycles. The summed E-state index contributed by atoms with van der Waals surface area (Å²) in [4.78, 5) is 36.0. The van der Waals surface area contributed by atoms with Crippen LogP contribution in [0.1, 0.15) is 43.1 Å². The molecule has 0 spiro atoms. The Morgan fingerprint density at radius 1 is 1.03 bits per heavy atom. The van der Waals surface area contributed by atoms with Gasteiger partial charge in [-0.2, -0.15) is 0 Å². The van der Waals surface area contributed by atoms with Crippen LogP contribution in [-0.4, -0.2) is 24.3 Å². The molecule has 0 radical (unpaired) electrons. The van der Waals surface area contributed by atoms with Crippen LogP contribution in [-0.2, 0) is 15.3 Å². The number of hydrogen-bond acceptors (Lipinski definition) is 5. The van der Waals surface area contributed by atoms with Crippen molar-refractivity contribution in [3.8, 4) is 5.75 Å². The van der Waals surface area contributed by atoms with Crippen LogP contribution in [0.3, 0.4) is 0 Å². The predicted molar refractivity (Wildman–Crippen MR) is 114 cm³/mol. The van der Waals surface area contributed by atoms with Crippen molar-refractivity contribution < 1.29 is 19.1 Å². The number of benzene rings is 2. The summed E-state index contributed by atoms with van der Waals surface area (Å²) < 4.78 is 5.37. The van der Waals surface area contributed by atoms with Gasteiger partial charge >= 0.3 is 5.97 Å². The molecule has 0 saturated carbocycles. The zero-order valence-electron chi connectivity index (χ0n) is 16.9. The van der Waals surface area contributed by atoms with E-state index in [1.165, 1.54) is 11.8 Å². The molecule has 7 heteroatoms. The molecule has 0 fully saturated rings. The molecule has 3 N–H and O–H groups in total. The minimum Gasteiger partial charge on any atom is -0.426 e. The van der Waals surface area contributed by atoms with Gasteiger partial charge in [0.25, 0.3) is 5.91 Å². The zero-order valence-corrected chi connectivity index (χ0v) is 17.7. The average Bonchev–Trinajstić information content (AvgIpc) is 2.66. The molecule has 0 atom stereocenters. The number of nitrogens with two attached hydrogens (primary N) is 1. The number of carbonyl (C=O) groups is 3. The summed E-state index contributed by atoms with van der Waals surface area (Å²) in [5.41, 5.74) is 6.13. The predicted octanol–water partition coefficient (Wildman–Crippen LogP) is 3.54. The van der Waals surface area contributed by atoms with E-state index in [1.807, 2.05) is 45.0 Å². The van der Waals surface area contributed by atoms with E-state index in [2.05, 4.69) is 5.32 Å². The Balaban J connectivity index is 1.97. The maximum Gasteiger partial charge on any atom is 0.316 e. The lowest BCUT2D eigenvalue weighted by atomic mass is 9.97. The molecule has 2 amide bonds. The van der Waals surface area contributed by atoms with Crippen molar-refractivity contribution in [2.24, 2.45) is 11.1 Å². The van der Waals surface area contributed by atoms with Gasteiger partial charge < -0.3 is 15.8 Å². The molecule has 29 heavy (non-hydrogen) atoms. The molecule has 2 rings (SSSR count). The van der Waals surface area contributed by atoms with Crippen molar-refractivity contribution in [2.75, 3.05) is 6.54 Å². The molecule has 0 saturated heterocycles. The fourth-order valence-corrected chi connectivity index (χ4v) is 3.26. The first-order chi connectivity index (χ1) is 13.7. The van der Waals surface area contributed by atoms with Crippen LogP contribution in [0.15, 0.2) is 53.4 Å². The number of thioether (sulfide) groups is 1. The average molecular weight is 415 g/mol. The molecule has 2 aromatic rings. The second-order valence-corrected chi connectivity index (χ2v) is 8.56. The topological polar surface area (TPSA) is 98.5 Å². The van der Waals surface area contributed by atoms with Crippen LogP contribution in [0, 0.1) is 5.41 Å². The lowest BCUT2D eigenvalue weighted by molar-refractivity contribution is -0.143. The third-order valence-corrected chi connectivity index (χ3v) is 5.07. The van der Waals surface area contributed by atoms with Gasteiger partial charge in [0.05, 0.1) is 11.0 Å².